The van der Waals surface area contributed by atoms with Crippen molar-refractivity contribution in [1.82, 2.24) is 4.98 Å². The van der Waals surface area contributed by atoms with Gasteiger partial charge < -0.3 is 5.11 Å². The summed E-state index contributed by atoms with van der Waals surface area (Å²) in [5.74, 6) is -1.79. The van der Waals surface area contributed by atoms with Gasteiger partial charge in [-0.2, -0.15) is 0 Å². The van der Waals surface area contributed by atoms with Crippen molar-refractivity contribution in [3.8, 4) is 0 Å². The summed E-state index contributed by atoms with van der Waals surface area (Å²) >= 11 is 5.78. The van der Waals surface area contributed by atoms with E-state index in [-0.39, 0.29) is 16.1 Å². The molecule has 2 rings (SSSR count). The lowest BCUT2D eigenvalue weighted by Gasteiger charge is -2.03. The summed E-state index contributed by atoms with van der Waals surface area (Å²) in [6.07, 6.45) is 1.33. The molecule has 0 radical (unpaired) electrons. The second-order valence-corrected chi connectivity index (χ2v) is 3.35. The minimum atomic E-state index is -1.21. The minimum absolute atomic E-state index is 0.176. The molecule has 0 saturated heterocycles. The van der Waals surface area contributed by atoms with Gasteiger partial charge in [0.25, 0.3) is 0 Å². The molecule has 0 aliphatic rings. The molecule has 76 valence electrons. The average Bonchev–Trinajstić information content (AvgIpc) is 2.16. The Hall–Kier alpha value is -1.68. The van der Waals surface area contributed by atoms with Crippen molar-refractivity contribution < 1.29 is 14.3 Å². The van der Waals surface area contributed by atoms with Gasteiger partial charge in [0.2, 0.25) is 0 Å². The van der Waals surface area contributed by atoms with Crippen LogP contribution in [0.25, 0.3) is 10.8 Å². The zero-order valence-corrected chi connectivity index (χ0v) is 8.12. The maximum Gasteiger partial charge on any atom is 0.355 e. The molecular weight excluding hydrogens is 221 g/mol. The van der Waals surface area contributed by atoms with Gasteiger partial charge >= 0.3 is 5.97 Å². The van der Waals surface area contributed by atoms with Crippen LogP contribution in [0.4, 0.5) is 4.39 Å². The first kappa shape index (κ1) is 9.86. The van der Waals surface area contributed by atoms with Crippen LogP contribution >= 0.6 is 11.6 Å². The fourth-order valence-corrected chi connectivity index (χ4v) is 1.65. The monoisotopic (exact) mass is 225 g/mol. The maximum absolute atomic E-state index is 13.0. The summed E-state index contributed by atoms with van der Waals surface area (Å²) in [5.41, 5.74) is -0.200. The highest BCUT2D eigenvalue weighted by molar-refractivity contribution is 6.35. The summed E-state index contributed by atoms with van der Waals surface area (Å²) in [5, 5.41) is 9.69. The summed E-state index contributed by atoms with van der Waals surface area (Å²) in [6.45, 7) is 0. The first-order valence-electron chi connectivity index (χ1n) is 4.06. The summed E-state index contributed by atoms with van der Waals surface area (Å²) in [4.78, 5) is 14.5. The van der Waals surface area contributed by atoms with E-state index in [1.807, 2.05) is 0 Å². The van der Waals surface area contributed by atoms with Gasteiger partial charge in [-0.3, -0.25) is 0 Å². The number of rotatable bonds is 1. The van der Waals surface area contributed by atoms with Crippen molar-refractivity contribution in [2.75, 3.05) is 0 Å². The van der Waals surface area contributed by atoms with Gasteiger partial charge in [-0.25, -0.2) is 14.2 Å². The van der Waals surface area contributed by atoms with Crippen LogP contribution in [0.2, 0.25) is 5.02 Å². The molecule has 1 aromatic heterocycles. The SMILES string of the molecule is O=C(O)c1nccc2c(Cl)cc(F)cc12. The molecule has 0 fully saturated rings. The number of carbonyl (C=O) groups is 1. The van der Waals surface area contributed by atoms with Crippen molar-refractivity contribution in [3.63, 3.8) is 0 Å². The van der Waals surface area contributed by atoms with Crippen LogP contribution < -0.4 is 0 Å². The highest BCUT2D eigenvalue weighted by Gasteiger charge is 2.12. The summed E-state index contributed by atoms with van der Waals surface area (Å²) in [6, 6.07) is 3.79. The molecular formula is C10H5ClFNO2. The Kier molecular flexibility index (Phi) is 2.28. The smallest absolute Gasteiger partial charge is 0.355 e. The lowest BCUT2D eigenvalue weighted by atomic mass is 10.1. The highest BCUT2D eigenvalue weighted by Crippen LogP contribution is 2.26. The van der Waals surface area contributed by atoms with E-state index in [0.717, 1.165) is 12.1 Å². The van der Waals surface area contributed by atoms with Crippen LogP contribution in [0.5, 0.6) is 0 Å². The van der Waals surface area contributed by atoms with Crippen molar-refractivity contribution >= 4 is 28.3 Å². The molecule has 0 bridgehead atoms. The van der Waals surface area contributed by atoms with Crippen molar-refractivity contribution in [2.45, 2.75) is 0 Å². The minimum Gasteiger partial charge on any atom is -0.476 e. The lowest BCUT2D eigenvalue weighted by molar-refractivity contribution is 0.0693. The molecule has 0 unspecified atom stereocenters. The topological polar surface area (TPSA) is 50.2 Å². The summed E-state index contributed by atoms with van der Waals surface area (Å²) < 4.78 is 13.0. The number of hydrogen-bond donors (Lipinski definition) is 1. The Morgan fingerprint density at radius 2 is 2.13 bits per heavy atom. The zero-order valence-electron chi connectivity index (χ0n) is 7.37. The third-order valence-corrected chi connectivity index (χ3v) is 2.31. The number of aromatic carboxylic acids is 1. The van der Waals surface area contributed by atoms with Gasteiger partial charge in [-0.1, -0.05) is 11.6 Å². The van der Waals surface area contributed by atoms with Gasteiger partial charge in [0.05, 0.1) is 5.02 Å². The van der Waals surface area contributed by atoms with Crippen LogP contribution in [0.15, 0.2) is 24.4 Å². The Balaban J connectivity index is 2.91. The number of nitrogens with zero attached hydrogens (tertiary/aromatic N) is 1. The average molecular weight is 226 g/mol. The van der Waals surface area contributed by atoms with Gasteiger partial charge in [0.1, 0.15) is 5.82 Å². The zero-order chi connectivity index (χ0) is 11.0. The standard InChI is InChI=1S/C10H5ClFNO2/c11-8-4-5(12)3-7-6(8)1-2-13-9(7)10(14)15/h1-4H,(H,14,15). The van der Waals surface area contributed by atoms with Gasteiger partial charge in [-0.05, 0) is 18.2 Å². The number of pyridine rings is 1. The van der Waals surface area contributed by atoms with Crippen LogP contribution in [0.3, 0.4) is 0 Å². The van der Waals surface area contributed by atoms with Crippen molar-refractivity contribution in [1.29, 1.82) is 0 Å². The Morgan fingerprint density at radius 3 is 2.80 bits per heavy atom. The molecule has 0 atom stereocenters. The van der Waals surface area contributed by atoms with E-state index in [9.17, 15) is 9.18 Å². The molecule has 1 heterocycles. The number of aromatic nitrogens is 1. The molecule has 0 saturated carbocycles. The quantitative estimate of drug-likeness (QED) is 0.812. The van der Waals surface area contributed by atoms with Crippen LogP contribution in [-0.4, -0.2) is 16.1 Å². The number of benzene rings is 1. The molecule has 0 aliphatic carbocycles. The van der Waals surface area contributed by atoms with E-state index in [2.05, 4.69) is 4.98 Å². The fourth-order valence-electron chi connectivity index (χ4n) is 1.38. The first-order valence-corrected chi connectivity index (χ1v) is 4.44. The molecule has 0 amide bonds. The molecule has 5 heteroatoms. The Bertz CT molecular complexity index is 556. The van der Waals surface area contributed by atoms with E-state index in [0.29, 0.717) is 5.39 Å². The van der Waals surface area contributed by atoms with E-state index in [1.165, 1.54) is 6.20 Å². The van der Waals surface area contributed by atoms with Crippen molar-refractivity contribution in [3.05, 3.63) is 40.9 Å². The number of halogens is 2. The fraction of sp³-hybridized carbons (Fsp3) is 0. The summed E-state index contributed by atoms with van der Waals surface area (Å²) in [7, 11) is 0. The number of carboxylic acids is 1. The molecule has 3 nitrogen and oxygen atoms in total. The number of hydrogen-bond acceptors (Lipinski definition) is 2. The maximum atomic E-state index is 13.0. The van der Waals surface area contributed by atoms with E-state index >= 15 is 0 Å². The van der Waals surface area contributed by atoms with Gasteiger partial charge in [0, 0.05) is 17.0 Å². The van der Waals surface area contributed by atoms with Gasteiger partial charge in [-0.15, -0.1) is 0 Å². The second kappa shape index (κ2) is 3.47. The van der Waals surface area contributed by atoms with E-state index < -0.39 is 11.8 Å². The Morgan fingerprint density at radius 1 is 1.40 bits per heavy atom. The van der Waals surface area contributed by atoms with Crippen LogP contribution in [-0.2, 0) is 0 Å². The predicted octanol–water partition coefficient (Wildman–Crippen LogP) is 2.73. The third-order valence-electron chi connectivity index (χ3n) is 2.00. The molecule has 0 aliphatic heterocycles. The predicted molar refractivity (Wildman–Crippen MR) is 53.7 cm³/mol. The van der Waals surface area contributed by atoms with Crippen LogP contribution in [0, 0.1) is 5.82 Å². The van der Waals surface area contributed by atoms with Crippen molar-refractivity contribution in [2.24, 2.45) is 0 Å². The van der Waals surface area contributed by atoms with Gasteiger partial charge in [0.15, 0.2) is 5.69 Å². The molecule has 1 aromatic carbocycles. The number of carboxylic acid groups (broad SMARTS) is 1. The molecule has 15 heavy (non-hydrogen) atoms. The third kappa shape index (κ3) is 1.64. The molecule has 1 N–H and O–H groups in total. The number of fused-ring (bicyclic) bond motifs is 1. The van der Waals surface area contributed by atoms with Crippen LogP contribution in [0.1, 0.15) is 10.5 Å². The lowest BCUT2D eigenvalue weighted by Crippen LogP contribution is -2.01. The first-order chi connectivity index (χ1) is 7.09. The molecule has 0 spiro atoms. The highest BCUT2D eigenvalue weighted by atomic mass is 35.5. The van der Waals surface area contributed by atoms with E-state index in [1.54, 1.807) is 6.07 Å². The second-order valence-electron chi connectivity index (χ2n) is 2.95. The molecule has 2 aromatic rings. The van der Waals surface area contributed by atoms with E-state index in [4.69, 9.17) is 16.7 Å². The normalized spacial score (nSPS) is 10.5. The largest absolute Gasteiger partial charge is 0.476 e. The Labute approximate surface area is 89.1 Å².